The van der Waals surface area contributed by atoms with Gasteiger partial charge in [0.05, 0.1) is 0 Å². The number of benzene rings is 4. The molecule has 0 atom stereocenters. The van der Waals surface area contributed by atoms with Gasteiger partial charge in [-0.2, -0.15) is 0 Å². The van der Waals surface area contributed by atoms with Gasteiger partial charge in [0.25, 0.3) is 0 Å². The molecule has 4 N–H and O–H groups in total. The summed E-state index contributed by atoms with van der Waals surface area (Å²) in [5, 5.41) is 39.8. The monoisotopic (exact) mass is 442 g/mol. The number of ether oxygens (including phenoxy) is 1. The number of hydrogen-bond donors (Lipinski definition) is 4. The van der Waals surface area contributed by atoms with Crippen LogP contribution >= 0.6 is 0 Å². The van der Waals surface area contributed by atoms with Gasteiger partial charge >= 0.3 is 0 Å². The Balaban J connectivity index is 1.46. The summed E-state index contributed by atoms with van der Waals surface area (Å²) in [5.74, 6) is 0.984. The van der Waals surface area contributed by atoms with Crippen molar-refractivity contribution in [3.63, 3.8) is 0 Å². The topological polar surface area (TPSA) is 90.2 Å². The van der Waals surface area contributed by atoms with Crippen LogP contribution in [0.15, 0.2) is 84.9 Å². The SMILES string of the molecule is Oc1cccc(CCc2ccc(O)c(Oc3cc(CCc4cccc(O)c4)ccc3O)c2)c1. The lowest BCUT2D eigenvalue weighted by Crippen LogP contribution is -1.95. The number of phenols is 4. The molecule has 0 aliphatic rings. The van der Waals surface area contributed by atoms with Crippen molar-refractivity contribution >= 4 is 0 Å². The summed E-state index contributed by atoms with van der Waals surface area (Å²) < 4.78 is 5.88. The molecule has 4 rings (SSSR count). The summed E-state index contributed by atoms with van der Waals surface area (Å²) in [6.07, 6.45) is 2.87. The molecule has 0 unspecified atom stereocenters. The van der Waals surface area contributed by atoms with E-state index in [-0.39, 0.29) is 34.5 Å². The quantitative estimate of drug-likeness (QED) is 0.274. The Kier molecular flexibility index (Phi) is 6.69. The minimum Gasteiger partial charge on any atom is -0.508 e. The van der Waals surface area contributed by atoms with Gasteiger partial charge in [-0.15, -0.1) is 0 Å². The van der Waals surface area contributed by atoms with Crippen LogP contribution in [0.5, 0.6) is 34.5 Å². The molecule has 168 valence electrons. The van der Waals surface area contributed by atoms with E-state index in [1.165, 1.54) is 0 Å². The Bertz CT molecular complexity index is 1150. The van der Waals surface area contributed by atoms with Crippen LogP contribution in [0.3, 0.4) is 0 Å². The molecule has 5 nitrogen and oxygen atoms in total. The molecule has 0 saturated carbocycles. The highest BCUT2D eigenvalue weighted by molar-refractivity contribution is 5.49. The van der Waals surface area contributed by atoms with E-state index >= 15 is 0 Å². The fourth-order valence-corrected chi connectivity index (χ4v) is 3.71. The fraction of sp³-hybridized carbons (Fsp3) is 0.143. The maximum atomic E-state index is 10.3. The third-order valence-corrected chi connectivity index (χ3v) is 5.49. The zero-order chi connectivity index (χ0) is 23.2. The molecule has 4 aromatic rings. The number of phenolic OH excluding ortho intramolecular Hbond substituents is 4. The largest absolute Gasteiger partial charge is 0.508 e. The molecule has 4 aromatic carbocycles. The molecule has 0 spiro atoms. The third kappa shape index (κ3) is 5.98. The first-order valence-electron chi connectivity index (χ1n) is 10.8. The molecule has 0 amide bonds. The second-order valence-corrected chi connectivity index (χ2v) is 8.05. The van der Waals surface area contributed by atoms with Gasteiger partial charge in [0.15, 0.2) is 23.0 Å². The van der Waals surface area contributed by atoms with Crippen LogP contribution in [0.4, 0.5) is 0 Å². The van der Waals surface area contributed by atoms with Gasteiger partial charge in [0.2, 0.25) is 0 Å². The highest BCUT2D eigenvalue weighted by atomic mass is 16.5. The number of aromatic hydroxyl groups is 4. The zero-order valence-corrected chi connectivity index (χ0v) is 18.1. The molecule has 0 aliphatic heterocycles. The molecular formula is C28H26O5. The van der Waals surface area contributed by atoms with Crippen molar-refractivity contribution < 1.29 is 25.2 Å². The minimum absolute atomic E-state index is 0.0133. The van der Waals surface area contributed by atoms with E-state index in [2.05, 4.69) is 0 Å². The smallest absolute Gasteiger partial charge is 0.169 e. The van der Waals surface area contributed by atoms with Crippen molar-refractivity contribution in [2.24, 2.45) is 0 Å². The molecule has 0 radical (unpaired) electrons. The van der Waals surface area contributed by atoms with Gasteiger partial charge in [-0.1, -0.05) is 36.4 Å². The van der Waals surface area contributed by atoms with Crippen LogP contribution in [-0.4, -0.2) is 20.4 Å². The van der Waals surface area contributed by atoms with Gasteiger partial charge in [0.1, 0.15) is 11.5 Å². The average molecular weight is 443 g/mol. The lowest BCUT2D eigenvalue weighted by atomic mass is 10.0. The Labute approximate surface area is 192 Å². The molecule has 33 heavy (non-hydrogen) atoms. The molecule has 0 heterocycles. The molecule has 0 aliphatic carbocycles. The van der Waals surface area contributed by atoms with Gasteiger partial charge in [-0.25, -0.2) is 0 Å². The summed E-state index contributed by atoms with van der Waals surface area (Å²) in [6, 6.07) is 24.6. The van der Waals surface area contributed by atoms with Gasteiger partial charge in [-0.05, 0) is 96.5 Å². The molecule has 0 aromatic heterocycles. The summed E-state index contributed by atoms with van der Waals surface area (Å²) in [6.45, 7) is 0. The van der Waals surface area contributed by atoms with Crippen LogP contribution in [0.2, 0.25) is 0 Å². The second kappa shape index (κ2) is 10.0. The normalized spacial score (nSPS) is 10.8. The van der Waals surface area contributed by atoms with Crippen LogP contribution in [-0.2, 0) is 25.7 Å². The first-order valence-corrected chi connectivity index (χ1v) is 10.8. The number of rotatable bonds is 8. The van der Waals surface area contributed by atoms with E-state index < -0.39 is 0 Å². The zero-order valence-electron chi connectivity index (χ0n) is 18.1. The van der Waals surface area contributed by atoms with Crippen LogP contribution in [0.1, 0.15) is 22.3 Å². The Hall–Kier alpha value is -4.12. The van der Waals surface area contributed by atoms with Crippen molar-refractivity contribution in [3.05, 3.63) is 107 Å². The Morgan fingerprint density at radius 2 is 0.848 bits per heavy atom. The third-order valence-electron chi connectivity index (χ3n) is 5.49. The second-order valence-electron chi connectivity index (χ2n) is 8.05. The van der Waals surface area contributed by atoms with Crippen molar-refractivity contribution in [2.45, 2.75) is 25.7 Å². The van der Waals surface area contributed by atoms with E-state index in [0.717, 1.165) is 35.1 Å². The van der Waals surface area contributed by atoms with Crippen LogP contribution < -0.4 is 4.74 Å². The summed E-state index contributed by atoms with van der Waals surface area (Å²) in [7, 11) is 0. The molecular weight excluding hydrogens is 416 g/mol. The lowest BCUT2D eigenvalue weighted by Gasteiger charge is -2.12. The summed E-state index contributed by atoms with van der Waals surface area (Å²) in [4.78, 5) is 0. The molecule has 5 heteroatoms. The Morgan fingerprint density at radius 1 is 0.455 bits per heavy atom. The predicted octanol–water partition coefficient (Wildman–Crippen LogP) is 5.87. The van der Waals surface area contributed by atoms with E-state index in [1.807, 2.05) is 36.4 Å². The minimum atomic E-state index is -0.0133. The van der Waals surface area contributed by atoms with Crippen molar-refractivity contribution in [3.8, 4) is 34.5 Å². The lowest BCUT2D eigenvalue weighted by molar-refractivity contribution is 0.384. The summed E-state index contributed by atoms with van der Waals surface area (Å²) >= 11 is 0. The maximum absolute atomic E-state index is 10.3. The van der Waals surface area contributed by atoms with E-state index in [1.54, 1.807) is 48.5 Å². The van der Waals surface area contributed by atoms with Gasteiger partial charge in [0, 0.05) is 0 Å². The molecule has 0 fully saturated rings. The molecule has 0 bridgehead atoms. The number of hydrogen-bond acceptors (Lipinski definition) is 5. The van der Waals surface area contributed by atoms with Crippen molar-refractivity contribution in [2.75, 3.05) is 0 Å². The number of aryl methyl sites for hydroxylation is 4. The highest BCUT2D eigenvalue weighted by Crippen LogP contribution is 2.37. The van der Waals surface area contributed by atoms with Crippen molar-refractivity contribution in [1.29, 1.82) is 0 Å². The van der Waals surface area contributed by atoms with Gasteiger partial charge < -0.3 is 25.2 Å². The first-order chi connectivity index (χ1) is 16.0. The van der Waals surface area contributed by atoms with Crippen molar-refractivity contribution in [1.82, 2.24) is 0 Å². The Morgan fingerprint density at radius 3 is 1.24 bits per heavy atom. The van der Waals surface area contributed by atoms with Crippen LogP contribution in [0.25, 0.3) is 0 Å². The van der Waals surface area contributed by atoms with E-state index in [0.29, 0.717) is 12.8 Å². The predicted molar refractivity (Wildman–Crippen MR) is 127 cm³/mol. The standard InChI is InChI=1S/C28H26O5/c29-23-5-1-3-19(15-23)7-9-21-11-13-25(31)27(17-21)33-28-18-22(12-14-26(28)32)10-8-20-4-2-6-24(30)16-20/h1-6,11-18,29-32H,7-10H2. The fourth-order valence-electron chi connectivity index (χ4n) is 3.71. The van der Waals surface area contributed by atoms with E-state index in [9.17, 15) is 20.4 Å². The van der Waals surface area contributed by atoms with E-state index in [4.69, 9.17) is 4.74 Å². The molecule has 0 saturated heterocycles. The van der Waals surface area contributed by atoms with Crippen LogP contribution in [0, 0.1) is 0 Å². The first kappa shape index (κ1) is 22.1. The summed E-state index contributed by atoms with van der Waals surface area (Å²) in [5.41, 5.74) is 3.96. The maximum Gasteiger partial charge on any atom is 0.169 e. The average Bonchev–Trinajstić information content (AvgIpc) is 2.80. The van der Waals surface area contributed by atoms with Gasteiger partial charge in [-0.3, -0.25) is 0 Å². The highest BCUT2D eigenvalue weighted by Gasteiger charge is 2.11.